The molecule has 1 aliphatic rings. The molecule has 0 saturated carbocycles. The van der Waals surface area contributed by atoms with Crippen molar-refractivity contribution >= 4 is 35.1 Å². The van der Waals surface area contributed by atoms with Crippen LogP contribution < -0.4 is 10.2 Å². The number of carbonyl (C=O) groups excluding carboxylic acids is 1. The number of amides is 1. The minimum atomic E-state index is -0.927. The van der Waals surface area contributed by atoms with Crippen LogP contribution in [0.2, 0.25) is 0 Å². The molecule has 108 valence electrons. The largest absolute Gasteiger partial charge is 0.481 e. The Morgan fingerprint density at radius 1 is 1.35 bits per heavy atom. The van der Waals surface area contributed by atoms with Crippen LogP contribution in [0.25, 0.3) is 0 Å². The van der Waals surface area contributed by atoms with Crippen LogP contribution in [-0.4, -0.2) is 51.5 Å². The third-order valence-electron chi connectivity index (χ3n) is 2.83. The van der Waals surface area contributed by atoms with Gasteiger partial charge in [0.25, 0.3) is 0 Å². The predicted molar refractivity (Wildman–Crippen MR) is 77.1 cm³/mol. The lowest BCUT2D eigenvalue weighted by molar-refractivity contribution is -0.133. The van der Waals surface area contributed by atoms with Crippen molar-refractivity contribution in [2.24, 2.45) is 0 Å². The number of rotatable bonds is 6. The van der Waals surface area contributed by atoms with Crippen molar-refractivity contribution in [1.29, 1.82) is 0 Å². The van der Waals surface area contributed by atoms with Crippen LogP contribution in [0.15, 0.2) is 12.5 Å². The Labute approximate surface area is 120 Å². The smallest absolute Gasteiger partial charge is 0.313 e. The molecule has 2 rings (SSSR count). The van der Waals surface area contributed by atoms with Crippen LogP contribution in [-0.2, 0) is 9.59 Å². The van der Waals surface area contributed by atoms with E-state index in [1.807, 2.05) is 0 Å². The van der Waals surface area contributed by atoms with Gasteiger partial charge in [0, 0.05) is 13.1 Å². The summed E-state index contributed by atoms with van der Waals surface area (Å²) in [5, 5.41) is 11.3. The molecule has 8 heteroatoms. The zero-order valence-electron chi connectivity index (χ0n) is 10.9. The second-order valence-electron chi connectivity index (χ2n) is 4.39. The average Bonchev–Trinajstić information content (AvgIpc) is 2.92. The number of nitrogens with one attached hydrogen (secondary N) is 1. The summed E-state index contributed by atoms with van der Waals surface area (Å²) in [5.41, 5.74) is 0.579. The molecule has 0 radical (unpaired) electrons. The molecule has 0 bridgehead atoms. The summed E-state index contributed by atoms with van der Waals surface area (Å²) in [6.07, 6.45) is 5.26. The summed E-state index contributed by atoms with van der Waals surface area (Å²) in [5.74, 6) is -0.428. The van der Waals surface area contributed by atoms with Crippen LogP contribution in [0.5, 0.6) is 0 Å². The molecular formula is C12H16N4O3S. The summed E-state index contributed by atoms with van der Waals surface area (Å²) < 4.78 is 0. The Hall–Kier alpha value is -1.83. The van der Waals surface area contributed by atoms with Crippen molar-refractivity contribution in [3.8, 4) is 0 Å². The van der Waals surface area contributed by atoms with E-state index >= 15 is 0 Å². The van der Waals surface area contributed by atoms with Gasteiger partial charge in [-0.15, -0.1) is 11.8 Å². The molecule has 20 heavy (non-hydrogen) atoms. The summed E-state index contributed by atoms with van der Waals surface area (Å²) in [7, 11) is 0. The van der Waals surface area contributed by atoms with E-state index in [1.165, 1.54) is 6.33 Å². The molecule has 1 saturated heterocycles. The van der Waals surface area contributed by atoms with Crippen molar-refractivity contribution in [3.05, 3.63) is 12.5 Å². The van der Waals surface area contributed by atoms with E-state index in [0.29, 0.717) is 5.69 Å². The molecular weight excluding hydrogens is 280 g/mol. The number of carboxylic acids is 1. The van der Waals surface area contributed by atoms with E-state index in [4.69, 9.17) is 5.11 Å². The first-order valence-corrected chi connectivity index (χ1v) is 7.46. The van der Waals surface area contributed by atoms with Crippen molar-refractivity contribution in [2.45, 2.75) is 12.8 Å². The van der Waals surface area contributed by atoms with E-state index in [0.717, 1.165) is 43.5 Å². The number of carbonyl (C=O) groups is 2. The number of carboxylic acid groups (broad SMARTS) is 1. The second kappa shape index (κ2) is 7.09. The maximum absolute atomic E-state index is 11.8. The monoisotopic (exact) mass is 296 g/mol. The number of thioether (sulfide) groups is 1. The average molecular weight is 296 g/mol. The highest BCUT2D eigenvalue weighted by Crippen LogP contribution is 2.25. The highest BCUT2D eigenvalue weighted by atomic mass is 32.2. The van der Waals surface area contributed by atoms with Gasteiger partial charge in [0.2, 0.25) is 5.91 Å². The highest BCUT2D eigenvalue weighted by molar-refractivity contribution is 8.00. The van der Waals surface area contributed by atoms with Gasteiger partial charge in [0.05, 0.1) is 17.7 Å². The van der Waals surface area contributed by atoms with Gasteiger partial charge >= 0.3 is 5.97 Å². The summed E-state index contributed by atoms with van der Waals surface area (Å²) in [4.78, 5) is 32.4. The molecule has 0 aromatic carbocycles. The van der Waals surface area contributed by atoms with E-state index in [-0.39, 0.29) is 17.4 Å². The van der Waals surface area contributed by atoms with Gasteiger partial charge in [-0.2, -0.15) is 0 Å². The van der Waals surface area contributed by atoms with Crippen molar-refractivity contribution < 1.29 is 14.7 Å². The van der Waals surface area contributed by atoms with Gasteiger partial charge in [-0.1, -0.05) is 0 Å². The number of aliphatic carboxylic acids is 1. The van der Waals surface area contributed by atoms with Crippen molar-refractivity contribution in [2.75, 3.05) is 34.8 Å². The third kappa shape index (κ3) is 4.09. The minimum Gasteiger partial charge on any atom is -0.481 e. The first kappa shape index (κ1) is 14.6. The van der Waals surface area contributed by atoms with Crippen LogP contribution in [0.1, 0.15) is 12.8 Å². The molecule has 1 aromatic rings. The molecule has 2 heterocycles. The Morgan fingerprint density at radius 2 is 2.10 bits per heavy atom. The van der Waals surface area contributed by atoms with Gasteiger partial charge in [0.1, 0.15) is 12.0 Å². The van der Waals surface area contributed by atoms with E-state index < -0.39 is 5.97 Å². The van der Waals surface area contributed by atoms with E-state index in [9.17, 15) is 9.59 Å². The third-order valence-corrected chi connectivity index (χ3v) is 3.75. The van der Waals surface area contributed by atoms with Crippen LogP contribution in [0.3, 0.4) is 0 Å². The Kier molecular flexibility index (Phi) is 5.16. The molecule has 0 atom stereocenters. The fraction of sp³-hybridized carbons (Fsp3) is 0.500. The highest BCUT2D eigenvalue weighted by Gasteiger charge is 2.18. The summed E-state index contributed by atoms with van der Waals surface area (Å²) >= 11 is 1.06. The molecule has 1 aromatic heterocycles. The second-order valence-corrected chi connectivity index (χ2v) is 5.37. The fourth-order valence-electron chi connectivity index (χ4n) is 2.01. The first-order valence-electron chi connectivity index (χ1n) is 6.31. The normalized spacial score (nSPS) is 14.3. The topological polar surface area (TPSA) is 95.4 Å². The minimum absolute atomic E-state index is 0.0856. The predicted octanol–water partition coefficient (Wildman–Crippen LogP) is 0.833. The zero-order chi connectivity index (χ0) is 14.4. The number of anilines is 2. The van der Waals surface area contributed by atoms with Crippen molar-refractivity contribution in [1.82, 2.24) is 9.97 Å². The Morgan fingerprint density at radius 3 is 2.80 bits per heavy atom. The Balaban J connectivity index is 1.94. The quantitative estimate of drug-likeness (QED) is 0.802. The van der Waals surface area contributed by atoms with Gasteiger partial charge in [-0.05, 0) is 12.8 Å². The van der Waals surface area contributed by atoms with Gasteiger partial charge < -0.3 is 15.3 Å². The summed E-state index contributed by atoms with van der Waals surface area (Å²) in [6, 6.07) is 0. The molecule has 0 spiro atoms. The van der Waals surface area contributed by atoms with E-state index in [1.54, 1.807) is 6.20 Å². The Bertz CT molecular complexity index is 491. The standard InChI is InChI=1S/C12H16N4O3S/c17-10(6-20-7-11(18)19)15-9-5-13-8-14-12(9)16-3-1-2-4-16/h5,8H,1-4,6-7H2,(H,15,17)(H,18,19). The molecule has 1 fully saturated rings. The molecule has 2 N–H and O–H groups in total. The molecule has 0 unspecified atom stereocenters. The van der Waals surface area contributed by atoms with E-state index in [2.05, 4.69) is 20.2 Å². The van der Waals surface area contributed by atoms with Crippen LogP contribution in [0.4, 0.5) is 11.5 Å². The maximum Gasteiger partial charge on any atom is 0.313 e. The summed E-state index contributed by atoms with van der Waals surface area (Å²) in [6.45, 7) is 1.85. The molecule has 0 aliphatic carbocycles. The molecule has 7 nitrogen and oxygen atoms in total. The van der Waals surface area contributed by atoms with Gasteiger partial charge in [0.15, 0.2) is 5.82 Å². The van der Waals surface area contributed by atoms with Crippen LogP contribution in [0, 0.1) is 0 Å². The lowest BCUT2D eigenvalue weighted by Crippen LogP contribution is -2.23. The lowest BCUT2D eigenvalue weighted by atomic mass is 10.4. The molecule has 1 amide bonds. The first-order chi connectivity index (χ1) is 9.66. The van der Waals surface area contributed by atoms with Crippen LogP contribution >= 0.6 is 11.8 Å². The van der Waals surface area contributed by atoms with Gasteiger partial charge in [-0.3, -0.25) is 9.59 Å². The SMILES string of the molecule is O=C(O)CSCC(=O)Nc1cncnc1N1CCCC1. The number of nitrogens with zero attached hydrogens (tertiary/aromatic N) is 3. The zero-order valence-corrected chi connectivity index (χ0v) is 11.7. The molecule has 1 aliphatic heterocycles. The number of hydrogen-bond acceptors (Lipinski definition) is 6. The fourth-order valence-corrected chi connectivity index (χ4v) is 2.54. The van der Waals surface area contributed by atoms with Crippen molar-refractivity contribution in [3.63, 3.8) is 0 Å². The van der Waals surface area contributed by atoms with Gasteiger partial charge in [-0.25, -0.2) is 9.97 Å². The number of aromatic nitrogens is 2. The lowest BCUT2D eigenvalue weighted by Gasteiger charge is -2.19. The maximum atomic E-state index is 11.8. The number of hydrogen-bond donors (Lipinski definition) is 2.